The van der Waals surface area contributed by atoms with E-state index in [0.717, 1.165) is 36.1 Å². The SMILES string of the molecule is N[C@H]1CC[C@@H](C(=O)Nc2cccc(-c3ccccc3)c2)C1. The first kappa shape index (κ1) is 13.8. The number of nitrogens with one attached hydrogen (secondary N) is 1. The molecular weight excluding hydrogens is 260 g/mol. The fraction of sp³-hybridized carbons (Fsp3) is 0.278. The minimum atomic E-state index is 0.0559. The van der Waals surface area contributed by atoms with Gasteiger partial charge in [-0.3, -0.25) is 4.79 Å². The molecule has 2 atom stereocenters. The number of carbonyl (C=O) groups excluding carboxylic acids is 1. The Labute approximate surface area is 125 Å². The first-order chi connectivity index (χ1) is 10.2. The minimum absolute atomic E-state index is 0.0559. The first-order valence-electron chi connectivity index (χ1n) is 7.44. The van der Waals surface area contributed by atoms with E-state index in [1.165, 1.54) is 0 Å². The molecule has 0 saturated heterocycles. The predicted octanol–water partition coefficient (Wildman–Crippen LogP) is 3.42. The Morgan fingerprint density at radius 2 is 1.76 bits per heavy atom. The Hall–Kier alpha value is -2.13. The number of nitrogens with two attached hydrogens (primary N) is 1. The van der Waals surface area contributed by atoms with Crippen LogP contribution in [0.4, 0.5) is 5.69 Å². The fourth-order valence-electron chi connectivity index (χ4n) is 2.91. The summed E-state index contributed by atoms with van der Waals surface area (Å²) in [6.45, 7) is 0. The van der Waals surface area contributed by atoms with E-state index in [0.29, 0.717) is 0 Å². The average molecular weight is 280 g/mol. The molecular formula is C18H20N2O. The number of hydrogen-bond acceptors (Lipinski definition) is 2. The van der Waals surface area contributed by atoms with Crippen molar-refractivity contribution >= 4 is 11.6 Å². The zero-order chi connectivity index (χ0) is 14.7. The average Bonchev–Trinajstić information content (AvgIpc) is 2.95. The van der Waals surface area contributed by atoms with Crippen molar-refractivity contribution in [3.05, 3.63) is 54.6 Å². The van der Waals surface area contributed by atoms with Crippen molar-refractivity contribution in [1.29, 1.82) is 0 Å². The van der Waals surface area contributed by atoms with Gasteiger partial charge in [0.15, 0.2) is 0 Å². The summed E-state index contributed by atoms with van der Waals surface area (Å²) >= 11 is 0. The van der Waals surface area contributed by atoms with Crippen LogP contribution in [0.3, 0.4) is 0 Å². The maximum absolute atomic E-state index is 12.2. The van der Waals surface area contributed by atoms with Crippen LogP contribution < -0.4 is 11.1 Å². The molecule has 0 unspecified atom stereocenters. The number of rotatable bonds is 3. The van der Waals surface area contributed by atoms with Crippen LogP contribution in [0.2, 0.25) is 0 Å². The molecule has 3 rings (SSSR count). The molecule has 0 aromatic heterocycles. The summed E-state index contributed by atoms with van der Waals surface area (Å²) in [5, 5.41) is 3.02. The maximum atomic E-state index is 12.2. The summed E-state index contributed by atoms with van der Waals surface area (Å²) in [7, 11) is 0. The smallest absolute Gasteiger partial charge is 0.227 e. The van der Waals surface area contributed by atoms with Gasteiger partial charge in [-0.25, -0.2) is 0 Å². The highest BCUT2D eigenvalue weighted by atomic mass is 16.1. The fourth-order valence-corrected chi connectivity index (χ4v) is 2.91. The number of hydrogen-bond donors (Lipinski definition) is 2. The van der Waals surface area contributed by atoms with Gasteiger partial charge in [-0.05, 0) is 42.5 Å². The molecule has 1 saturated carbocycles. The number of benzene rings is 2. The van der Waals surface area contributed by atoms with Gasteiger partial charge in [0.05, 0.1) is 0 Å². The van der Waals surface area contributed by atoms with Crippen molar-refractivity contribution in [2.45, 2.75) is 25.3 Å². The Morgan fingerprint density at radius 3 is 2.48 bits per heavy atom. The third-order valence-electron chi connectivity index (χ3n) is 4.08. The quantitative estimate of drug-likeness (QED) is 0.905. The summed E-state index contributed by atoms with van der Waals surface area (Å²) in [5.41, 5.74) is 8.98. The van der Waals surface area contributed by atoms with E-state index in [2.05, 4.69) is 23.5 Å². The largest absolute Gasteiger partial charge is 0.328 e. The van der Waals surface area contributed by atoms with Crippen LogP contribution in [0.15, 0.2) is 54.6 Å². The molecule has 2 aromatic rings. The van der Waals surface area contributed by atoms with Gasteiger partial charge in [0.2, 0.25) is 5.91 Å². The van der Waals surface area contributed by atoms with Crippen LogP contribution in [0.1, 0.15) is 19.3 Å². The van der Waals surface area contributed by atoms with Gasteiger partial charge in [0.25, 0.3) is 0 Å². The van der Waals surface area contributed by atoms with Crippen LogP contribution in [0, 0.1) is 5.92 Å². The van der Waals surface area contributed by atoms with E-state index in [9.17, 15) is 4.79 Å². The lowest BCUT2D eigenvalue weighted by Crippen LogP contribution is -2.23. The van der Waals surface area contributed by atoms with Gasteiger partial charge in [0.1, 0.15) is 0 Å². The second-order valence-corrected chi connectivity index (χ2v) is 5.71. The van der Waals surface area contributed by atoms with E-state index in [1.54, 1.807) is 0 Å². The molecule has 1 aliphatic rings. The van der Waals surface area contributed by atoms with E-state index in [-0.39, 0.29) is 17.9 Å². The molecule has 1 fully saturated rings. The lowest BCUT2D eigenvalue weighted by molar-refractivity contribution is -0.119. The monoisotopic (exact) mass is 280 g/mol. The summed E-state index contributed by atoms with van der Waals surface area (Å²) in [6.07, 6.45) is 2.64. The van der Waals surface area contributed by atoms with E-state index >= 15 is 0 Å². The van der Waals surface area contributed by atoms with Crippen LogP contribution in [-0.4, -0.2) is 11.9 Å². The highest BCUT2D eigenvalue weighted by Crippen LogP contribution is 2.27. The normalized spacial score (nSPS) is 21.2. The molecule has 0 radical (unpaired) electrons. The summed E-state index contributed by atoms with van der Waals surface area (Å²) in [4.78, 5) is 12.2. The molecule has 108 valence electrons. The molecule has 1 aliphatic carbocycles. The van der Waals surface area contributed by atoms with Gasteiger partial charge in [0, 0.05) is 17.6 Å². The molecule has 0 heterocycles. The Balaban J connectivity index is 1.73. The molecule has 2 aromatic carbocycles. The number of anilines is 1. The molecule has 21 heavy (non-hydrogen) atoms. The van der Waals surface area contributed by atoms with Gasteiger partial charge >= 0.3 is 0 Å². The third kappa shape index (κ3) is 3.31. The third-order valence-corrected chi connectivity index (χ3v) is 4.08. The van der Waals surface area contributed by atoms with Crippen LogP contribution in [0.5, 0.6) is 0 Å². The van der Waals surface area contributed by atoms with Crippen LogP contribution in [-0.2, 0) is 4.79 Å². The van der Waals surface area contributed by atoms with Crippen molar-refractivity contribution < 1.29 is 4.79 Å². The van der Waals surface area contributed by atoms with E-state index in [4.69, 9.17) is 5.73 Å². The molecule has 3 heteroatoms. The number of amides is 1. The molecule has 1 amide bonds. The lowest BCUT2D eigenvalue weighted by atomic mass is 10.0. The summed E-state index contributed by atoms with van der Waals surface area (Å²) in [6, 6.07) is 18.3. The molecule has 0 aliphatic heterocycles. The summed E-state index contributed by atoms with van der Waals surface area (Å²) in [5.74, 6) is 0.147. The number of carbonyl (C=O) groups is 1. The first-order valence-corrected chi connectivity index (χ1v) is 7.44. The molecule has 3 N–H and O–H groups in total. The van der Waals surface area contributed by atoms with Crippen molar-refractivity contribution in [1.82, 2.24) is 0 Å². The Bertz CT molecular complexity index is 624. The van der Waals surface area contributed by atoms with E-state index in [1.807, 2.05) is 36.4 Å². The molecule has 0 bridgehead atoms. The molecule has 3 nitrogen and oxygen atoms in total. The second kappa shape index (κ2) is 6.10. The van der Waals surface area contributed by atoms with Crippen molar-refractivity contribution in [2.75, 3.05) is 5.32 Å². The summed E-state index contributed by atoms with van der Waals surface area (Å²) < 4.78 is 0. The highest BCUT2D eigenvalue weighted by Gasteiger charge is 2.27. The Kier molecular flexibility index (Phi) is 4.02. The minimum Gasteiger partial charge on any atom is -0.328 e. The van der Waals surface area contributed by atoms with Crippen molar-refractivity contribution in [3.63, 3.8) is 0 Å². The lowest BCUT2D eigenvalue weighted by Gasteiger charge is -2.12. The standard InChI is InChI=1S/C18H20N2O/c19-16-10-9-15(11-16)18(21)20-17-8-4-7-14(12-17)13-5-2-1-3-6-13/h1-8,12,15-16H,9-11,19H2,(H,20,21)/t15-,16+/m1/s1. The van der Waals surface area contributed by atoms with Gasteiger partial charge in [-0.15, -0.1) is 0 Å². The van der Waals surface area contributed by atoms with Crippen molar-refractivity contribution in [3.8, 4) is 11.1 Å². The topological polar surface area (TPSA) is 55.1 Å². The predicted molar refractivity (Wildman–Crippen MR) is 85.8 cm³/mol. The van der Waals surface area contributed by atoms with Crippen LogP contribution in [0.25, 0.3) is 11.1 Å². The Morgan fingerprint density at radius 1 is 1.00 bits per heavy atom. The van der Waals surface area contributed by atoms with Crippen LogP contribution >= 0.6 is 0 Å². The van der Waals surface area contributed by atoms with Gasteiger partial charge in [-0.1, -0.05) is 42.5 Å². The maximum Gasteiger partial charge on any atom is 0.227 e. The highest BCUT2D eigenvalue weighted by molar-refractivity contribution is 5.93. The zero-order valence-electron chi connectivity index (χ0n) is 12.0. The zero-order valence-corrected chi connectivity index (χ0v) is 12.0. The van der Waals surface area contributed by atoms with Gasteiger partial charge < -0.3 is 11.1 Å². The van der Waals surface area contributed by atoms with Gasteiger partial charge in [-0.2, -0.15) is 0 Å². The van der Waals surface area contributed by atoms with Crippen molar-refractivity contribution in [2.24, 2.45) is 11.7 Å². The second-order valence-electron chi connectivity index (χ2n) is 5.71. The molecule has 0 spiro atoms. The van der Waals surface area contributed by atoms with E-state index < -0.39 is 0 Å².